The molecular weight excluding hydrogens is 318 g/mol. The van der Waals surface area contributed by atoms with Crippen molar-refractivity contribution < 1.29 is 14.4 Å². The summed E-state index contributed by atoms with van der Waals surface area (Å²) in [4.78, 5) is 15.5. The molecule has 0 aliphatic carbocycles. The molecule has 0 saturated heterocycles. The monoisotopic (exact) mass is 337 g/mol. The molecular formula is C16H20ClN3O3. The van der Waals surface area contributed by atoms with Crippen LogP contribution in [0.2, 0.25) is 5.02 Å². The van der Waals surface area contributed by atoms with Gasteiger partial charge in [0.05, 0.1) is 6.04 Å². The summed E-state index contributed by atoms with van der Waals surface area (Å²) >= 11 is 5.85. The van der Waals surface area contributed by atoms with Crippen LogP contribution in [0.5, 0.6) is 0 Å². The molecule has 2 N–H and O–H groups in total. The smallest absolute Gasteiger partial charge is 0.320 e. The van der Waals surface area contributed by atoms with Crippen LogP contribution in [0.3, 0.4) is 0 Å². The molecule has 2 atom stereocenters. The van der Waals surface area contributed by atoms with E-state index in [1.165, 1.54) is 0 Å². The predicted molar refractivity (Wildman–Crippen MR) is 86.4 cm³/mol. The number of hydrogen-bond donors (Lipinski definition) is 2. The van der Waals surface area contributed by atoms with Crippen LogP contribution in [-0.2, 0) is 11.2 Å². The summed E-state index contributed by atoms with van der Waals surface area (Å²) in [5, 5.41) is 16.8. The van der Waals surface area contributed by atoms with E-state index in [4.69, 9.17) is 16.1 Å². The van der Waals surface area contributed by atoms with Crippen molar-refractivity contribution in [1.82, 2.24) is 15.5 Å². The van der Waals surface area contributed by atoms with Gasteiger partial charge in [-0.05, 0) is 31.0 Å². The summed E-state index contributed by atoms with van der Waals surface area (Å²) in [6, 6.07) is 6.48. The van der Waals surface area contributed by atoms with Gasteiger partial charge >= 0.3 is 5.97 Å². The van der Waals surface area contributed by atoms with Crippen LogP contribution in [0.1, 0.15) is 50.0 Å². The molecule has 0 radical (unpaired) electrons. The van der Waals surface area contributed by atoms with Gasteiger partial charge in [0.15, 0.2) is 5.82 Å². The van der Waals surface area contributed by atoms with Crippen LogP contribution >= 0.6 is 11.6 Å². The van der Waals surface area contributed by atoms with Gasteiger partial charge in [0.2, 0.25) is 5.89 Å². The summed E-state index contributed by atoms with van der Waals surface area (Å²) in [7, 11) is 0. The Morgan fingerprint density at radius 1 is 1.39 bits per heavy atom. The molecule has 7 heteroatoms. The Labute approximate surface area is 139 Å². The molecule has 0 spiro atoms. The summed E-state index contributed by atoms with van der Waals surface area (Å²) in [6.45, 7) is 3.75. The maximum Gasteiger partial charge on any atom is 0.320 e. The third-order valence-corrected chi connectivity index (χ3v) is 3.71. The van der Waals surface area contributed by atoms with E-state index in [1.54, 1.807) is 0 Å². The van der Waals surface area contributed by atoms with Gasteiger partial charge in [0.25, 0.3) is 0 Å². The van der Waals surface area contributed by atoms with E-state index in [9.17, 15) is 9.90 Å². The lowest BCUT2D eigenvalue weighted by Gasteiger charge is -2.16. The molecule has 1 aromatic heterocycles. The van der Waals surface area contributed by atoms with Gasteiger partial charge in [-0.3, -0.25) is 10.1 Å². The predicted octanol–water partition coefficient (Wildman–Crippen LogP) is 3.22. The minimum absolute atomic E-state index is 0.325. The quantitative estimate of drug-likeness (QED) is 0.769. The molecule has 0 fully saturated rings. The van der Waals surface area contributed by atoms with E-state index in [1.807, 2.05) is 38.1 Å². The van der Waals surface area contributed by atoms with Crippen LogP contribution in [0.4, 0.5) is 0 Å². The van der Waals surface area contributed by atoms with Gasteiger partial charge in [-0.15, -0.1) is 0 Å². The van der Waals surface area contributed by atoms with Crippen LogP contribution in [0.25, 0.3) is 0 Å². The highest BCUT2D eigenvalue weighted by Crippen LogP contribution is 2.15. The fraction of sp³-hybridized carbons (Fsp3) is 0.438. The first-order chi connectivity index (χ1) is 11.0. The first-order valence-corrected chi connectivity index (χ1v) is 7.93. The number of benzene rings is 1. The Balaban J connectivity index is 2.00. The molecule has 1 aromatic carbocycles. The van der Waals surface area contributed by atoms with Crippen molar-refractivity contribution in [1.29, 1.82) is 0 Å². The van der Waals surface area contributed by atoms with Crippen molar-refractivity contribution >= 4 is 17.6 Å². The summed E-state index contributed by atoms with van der Waals surface area (Å²) in [5.41, 5.74) is 1.02. The molecule has 0 aliphatic rings. The number of carboxylic acid groups (broad SMARTS) is 1. The molecule has 2 aromatic rings. The number of aliphatic carboxylic acids is 1. The van der Waals surface area contributed by atoms with Gasteiger partial charge < -0.3 is 9.63 Å². The van der Waals surface area contributed by atoms with Crippen LogP contribution in [0.15, 0.2) is 28.8 Å². The lowest BCUT2D eigenvalue weighted by atomic mass is 10.1. The summed E-state index contributed by atoms with van der Waals surface area (Å²) < 4.78 is 5.24. The Morgan fingerprint density at radius 3 is 2.70 bits per heavy atom. The lowest BCUT2D eigenvalue weighted by molar-refractivity contribution is -0.139. The molecule has 0 amide bonds. The zero-order chi connectivity index (χ0) is 16.8. The third-order valence-electron chi connectivity index (χ3n) is 3.46. The number of nitrogens with one attached hydrogen (secondary N) is 1. The van der Waals surface area contributed by atoms with Gasteiger partial charge in [0, 0.05) is 11.4 Å². The van der Waals surface area contributed by atoms with Crippen molar-refractivity contribution in [2.45, 2.75) is 45.2 Å². The Morgan fingerprint density at radius 2 is 2.09 bits per heavy atom. The molecule has 2 unspecified atom stereocenters. The van der Waals surface area contributed by atoms with E-state index < -0.39 is 12.0 Å². The van der Waals surface area contributed by atoms with E-state index in [-0.39, 0.29) is 6.04 Å². The Hall–Kier alpha value is -1.92. The first-order valence-electron chi connectivity index (χ1n) is 7.55. The highest BCUT2D eigenvalue weighted by Gasteiger charge is 2.22. The summed E-state index contributed by atoms with van der Waals surface area (Å²) in [5.74, 6) is 0.0641. The number of hydrogen-bond acceptors (Lipinski definition) is 5. The number of aromatic nitrogens is 2. The fourth-order valence-corrected chi connectivity index (χ4v) is 2.37. The average molecular weight is 338 g/mol. The zero-order valence-electron chi connectivity index (χ0n) is 13.1. The first kappa shape index (κ1) is 17.4. The number of nitrogens with zero attached hydrogens (tertiary/aromatic N) is 2. The number of carbonyl (C=O) groups is 1. The number of halogens is 1. The highest BCUT2D eigenvalue weighted by molar-refractivity contribution is 6.30. The van der Waals surface area contributed by atoms with Gasteiger partial charge in [-0.2, -0.15) is 4.98 Å². The Bertz CT molecular complexity index is 642. The molecule has 23 heavy (non-hydrogen) atoms. The van der Waals surface area contributed by atoms with Crippen LogP contribution < -0.4 is 5.32 Å². The topological polar surface area (TPSA) is 88.3 Å². The average Bonchev–Trinajstić information content (AvgIpc) is 2.97. The van der Waals surface area contributed by atoms with Gasteiger partial charge in [0.1, 0.15) is 6.04 Å². The SMILES string of the molecule is CCCC(NC(C)c1nc(Cc2ccc(Cl)cc2)no1)C(=O)O. The Kier molecular flexibility index (Phi) is 6.12. The second kappa shape index (κ2) is 8.08. The number of carboxylic acids is 1. The molecule has 6 nitrogen and oxygen atoms in total. The molecule has 0 saturated carbocycles. The van der Waals surface area contributed by atoms with Crippen molar-refractivity contribution in [3.8, 4) is 0 Å². The standard InChI is InChI=1S/C16H20ClN3O3/c1-3-4-13(16(21)22)18-10(2)15-19-14(20-23-15)9-11-5-7-12(17)8-6-11/h5-8,10,13,18H,3-4,9H2,1-2H3,(H,21,22). The lowest BCUT2D eigenvalue weighted by Crippen LogP contribution is -2.38. The normalized spacial score (nSPS) is 13.7. The molecule has 0 bridgehead atoms. The van der Waals surface area contributed by atoms with E-state index in [0.717, 1.165) is 12.0 Å². The molecule has 2 rings (SSSR count). The van der Waals surface area contributed by atoms with Crippen molar-refractivity contribution in [3.05, 3.63) is 46.6 Å². The molecule has 0 aliphatic heterocycles. The highest BCUT2D eigenvalue weighted by atomic mass is 35.5. The van der Waals surface area contributed by atoms with Crippen LogP contribution in [0, 0.1) is 0 Å². The minimum Gasteiger partial charge on any atom is -0.480 e. The molecule has 124 valence electrons. The van der Waals surface area contributed by atoms with Gasteiger partial charge in [-0.1, -0.05) is 42.2 Å². The second-order valence-electron chi connectivity index (χ2n) is 5.42. The summed E-state index contributed by atoms with van der Waals surface area (Å²) in [6.07, 6.45) is 1.86. The number of rotatable bonds is 8. The largest absolute Gasteiger partial charge is 0.480 e. The van der Waals surface area contributed by atoms with Crippen molar-refractivity contribution in [2.75, 3.05) is 0 Å². The third kappa shape index (κ3) is 5.04. The minimum atomic E-state index is -0.875. The maximum atomic E-state index is 11.2. The molecule has 1 heterocycles. The zero-order valence-corrected chi connectivity index (χ0v) is 13.9. The maximum absolute atomic E-state index is 11.2. The van der Waals surface area contributed by atoms with E-state index in [2.05, 4.69) is 15.5 Å². The van der Waals surface area contributed by atoms with E-state index >= 15 is 0 Å². The van der Waals surface area contributed by atoms with E-state index in [0.29, 0.717) is 29.6 Å². The van der Waals surface area contributed by atoms with Gasteiger partial charge in [-0.25, -0.2) is 0 Å². The van der Waals surface area contributed by atoms with Crippen molar-refractivity contribution in [3.63, 3.8) is 0 Å². The second-order valence-corrected chi connectivity index (χ2v) is 5.86. The van der Waals surface area contributed by atoms with Crippen LogP contribution in [-0.4, -0.2) is 27.3 Å². The van der Waals surface area contributed by atoms with Crippen molar-refractivity contribution in [2.24, 2.45) is 0 Å². The fourth-order valence-electron chi connectivity index (χ4n) is 2.24.